The zero-order valence-corrected chi connectivity index (χ0v) is 9.66. The van der Waals surface area contributed by atoms with E-state index in [9.17, 15) is 4.39 Å². The van der Waals surface area contributed by atoms with Crippen LogP contribution < -0.4 is 11.5 Å². The number of benzene rings is 1. The molecule has 1 heterocycles. The molecule has 88 valence electrons. The molecule has 1 atom stereocenters. The maximum Gasteiger partial charge on any atom is 0.128 e. The van der Waals surface area contributed by atoms with Crippen molar-refractivity contribution in [2.75, 3.05) is 5.73 Å². The van der Waals surface area contributed by atoms with Crippen LogP contribution in [-0.4, -0.2) is 4.98 Å². The molecule has 0 bridgehead atoms. The number of rotatable bonds is 2. The van der Waals surface area contributed by atoms with E-state index >= 15 is 0 Å². The molecule has 0 aliphatic heterocycles. The van der Waals surface area contributed by atoms with Crippen molar-refractivity contribution in [3.63, 3.8) is 0 Å². The van der Waals surface area contributed by atoms with Crippen LogP contribution in [0.2, 0.25) is 5.02 Å². The van der Waals surface area contributed by atoms with Gasteiger partial charge in [-0.05, 0) is 24.3 Å². The zero-order chi connectivity index (χ0) is 12.4. The Balaban J connectivity index is 2.47. The Hall–Kier alpha value is -1.65. The van der Waals surface area contributed by atoms with E-state index in [4.69, 9.17) is 23.1 Å². The SMILES string of the molecule is Nc1ccncc1C(N)c1cc(Cl)ccc1F. The summed E-state index contributed by atoms with van der Waals surface area (Å²) in [5.41, 5.74) is 13.1. The number of nitrogens with two attached hydrogens (primary N) is 2. The van der Waals surface area contributed by atoms with Crippen LogP contribution in [0.4, 0.5) is 10.1 Å². The summed E-state index contributed by atoms with van der Waals surface area (Å²) in [6, 6.07) is 5.19. The molecule has 2 rings (SSSR count). The summed E-state index contributed by atoms with van der Waals surface area (Å²) in [6.45, 7) is 0. The van der Waals surface area contributed by atoms with Crippen LogP contribution in [0.3, 0.4) is 0 Å². The summed E-state index contributed by atoms with van der Waals surface area (Å²) in [5, 5.41) is 0.430. The van der Waals surface area contributed by atoms with Gasteiger partial charge >= 0.3 is 0 Å². The van der Waals surface area contributed by atoms with Crippen molar-refractivity contribution in [3.8, 4) is 0 Å². The fourth-order valence-corrected chi connectivity index (χ4v) is 1.78. The number of anilines is 1. The van der Waals surface area contributed by atoms with E-state index in [0.717, 1.165) is 0 Å². The van der Waals surface area contributed by atoms with Gasteiger partial charge in [-0.1, -0.05) is 11.6 Å². The monoisotopic (exact) mass is 251 g/mol. The number of nitrogens with zero attached hydrogens (tertiary/aromatic N) is 1. The number of hydrogen-bond acceptors (Lipinski definition) is 3. The van der Waals surface area contributed by atoms with Gasteiger partial charge in [0.2, 0.25) is 0 Å². The zero-order valence-electron chi connectivity index (χ0n) is 8.90. The molecule has 1 unspecified atom stereocenters. The lowest BCUT2D eigenvalue weighted by molar-refractivity contribution is 0.599. The second kappa shape index (κ2) is 4.69. The highest BCUT2D eigenvalue weighted by Gasteiger charge is 2.16. The van der Waals surface area contributed by atoms with E-state index in [1.54, 1.807) is 12.3 Å². The van der Waals surface area contributed by atoms with E-state index in [-0.39, 0.29) is 0 Å². The molecular weight excluding hydrogens is 241 g/mol. The fraction of sp³-hybridized carbons (Fsp3) is 0.0833. The van der Waals surface area contributed by atoms with Crippen molar-refractivity contribution in [2.45, 2.75) is 6.04 Å². The lowest BCUT2D eigenvalue weighted by Gasteiger charge is -2.15. The third kappa shape index (κ3) is 2.38. The Morgan fingerprint density at radius 2 is 2.00 bits per heavy atom. The summed E-state index contributed by atoms with van der Waals surface area (Å²) >= 11 is 5.82. The highest BCUT2D eigenvalue weighted by atomic mass is 35.5. The minimum Gasteiger partial charge on any atom is -0.398 e. The Labute approximate surface area is 103 Å². The summed E-state index contributed by atoms with van der Waals surface area (Å²) in [7, 11) is 0. The van der Waals surface area contributed by atoms with Gasteiger partial charge < -0.3 is 11.5 Å². The lowest BCUT2D eigenvalue weighted by Crippen LogP contribution is -2.15. The van der Waals surface area contributed by atoms with Crippen LogP contribution in [0.15, 0.2) is 36.7 Å². The molecule has 0 saturated carbocycles. The van der Waals surface area contributed by atoms with E-state index in [1.165, 1.54) is 24.4 Å². The second-order valence-corrected chi connectivity index (χ2v) is 4.08. The minimum absolute atomic E-state index is 0.303. The van der Waals surface area contributed by atoms with E-state index in [1.807, 2.05) is 0 Å². The Morgan fingerprint density at radius 3 is 2.71 bits per heavy atom. The van der Waals surface area contributed by atoms with E-state index in [2.05, 4.69) is 4.98 Å². The standard InChI is InChI=1S/C12H11ClFN3/c13-7-1-2-10(14)8(5-7)12(16)9-6-17-4-3-11(9)15/h1-6,12H,16H2,(H2,15,17). The maximum atomic E-state index is 13.6. The van der Waals surface area contributed by atoms with Crippen molar-refractivity contribution in [1.29, 1.82) is 0 Å². The largest absolute Gasteiger partial charge is 0.398 e. The Bertz CT molecular complexity index is 545. The van der Waals surface area contributed by atoms with E-state index in [0.29, 0.717) is 21.8 Å². The van der Waals surface area contributed by atoms with Crippen LogP contribution in [0, 0.1) is 5.82 Å². The third-order valence-corrected chi connectivity index (χ3v) is 2.75. The number of pyridine rings is 1. The first kappa shape index (κ1) is 11.8. The molecule has 1 aromatic heterocycles. The predicted octanol–water partition coefficient (Wildman–Crippen LogP) is 2.50. The van der Waals surface area contributed by atoms with Crippen LogP contribution in [-0.2, 0) is 0 Å². The second-order valence-electron chi connectivity index (χ2n) is 3.65. The molecule has 2 aromatic rings. The normalized spacial score (nSPS) is 12.4. The molecule has 1 aromatic carbocycles. The molecular formula is C12H11ClFN3. The first-order valence-corrected chi connectivity index (χ1v) is 5.37. The molecule has 0 aliphatic carbocycles. The average molecular weight is 252 g/mol. The van der Waals surface area contributed by atoms with Gasteiger partial charge in [-0.3, -0.25) is 4.98 Å². The van der Waals surface area contributed by atoms with E-state index < -0.39 is 11.9 Å². The molecule has 17 heavy (non-hydrogen) atoms. The predicted molar refractivity (Wildman–Crippen MR) is 66.1 cm³/mol. The molecule has 0 saturated heterocycles. The van der Waals surface area contributed by atoms with Crippen LogP contribution >= 0.6 is 11.6 Å². The summed E-state index contributed by atoms with van der Waals surface area (Å²) in [6.07, 6.45) is 3.08. The Kier molecular flexibility index (Phi) is 3.26. The van der Waals surface area contributed by atoms with Gasteiger partial charge in [-0.15, -0.1) is 0 Å². The van der Waals surface area contributed by atoms with Gasteiger partial charge in [-0.2, -0.15) is 0 Å². The summed E-state index contributed by atoms with van der Waals surface area (Å²) in [4.78, 5) is 3.93. The topological polar surface area (TPSA) is 64.9 Å². The van der Waals surface area contributed by atoms with Crippen molar-refractivity contribution in [2.24, 2.45) is 5.73 Å². The third-order valence-electron chi connectivity index (χ3n) is 2.52. The molecule has 3 nitrogen and oxygen atoms in total. The smallest absolute Gasteiger partial charge is 0.128 e. The molecule has 0 amide bonds. The summed E-state index contributed by atoms with van der Waals surface area (Å²) < 4.78 is 13.6. The van der Waals surface area contributed by atoms with Gasteiger partial charge in [0.15, 0.2) is 0 Å². The molecule has 4 N–H and O–H groups in total. The minimum atomic E-state index is -0.678. The van der Waals surface area contributed by atoms with Crippen molar-refractivity contribution >= 4 is 17.3 Å². The number of halogens is 2. The van der Waals surface area contributed by atoms with Gasteiger partial charge in [0.25, 0.3) is 0 Å². The number of nitrogen functional groups attached to an aromatic ring is 1. The average Bonchev–Trinajstić information content (AvgIpc) is 2.32. The van der Waals surface area contributed by atoms with Crippen molar-refractivity contribution < 1.29 is 4.39 Å². The van der Waals surface area contributed by atoms with Crippen LogP contribution in [0.25, 0.3) is 0 Å². The van der Waals surface area contributed by atoms with Crippen LogP contribution in [0.1, 0.15) is 17.2 Å². The number of hydrogen-bond donors (Lipinski definition) is 2. The quantitative estimate of drug-likeness (QED) is 0.862. The summed E-state index contributed by atoms with van der Waals surface area (Å²) in [5.74, 6) is -0.412. The highest BCUT2D eigenvalue weighted by molar-refractivity contribution is 6.30. The van der Waals surface area contributed by atoms with Crippen molar-refractivity contribution in [3.05, 3.63) is 58.6 Å². The molecule has 0 spiro atoms. The van der Waals surface area contributed by atoms with Gasteiger partial charge in [0, 0.05) is 34.2 Å². The fourth-order valence-electron chi connectivity index (χ4n) is 1.60. The first-order chi connectivity index (χ1) is 8.09. The molecule has 0 radical (unpaired) electrons. The maximum absolute atomic E-state index is 13.6. The first-order valence-electron chi connectivity index (χ1n) is 4.99. The number of aromatic nitrogens is 1. The lowest BCUT2D eigenvalue weighted by atomic mass is 9.99. The van der Waals surface area contributed by atoms with Gasteiger partial charge in [0.05, 0.1) is 6.04 Å². The van der Waals surface area contributed by atoms with Crippen molar-refractivity contribution in [1.82, 2.24) is 4.98 Å². The Morgan fingerprint density at radius 1 is 1.24 bits per heavy atom. The van der Waals surface area contributed by atoms with Gasteiger partial charge in [-0.25, -0.2) is 4.39 Å². The molecule has 0 fully saturated rings. The molecule has 0 aliphatic rings. The molecule has 5 heteroatoms. The van der Waals surface area contributed by atoms with Crippen LogP contribution in [0.5, 0.6) is 0 Å². The highest BCUT2D eigenvalue weighted by Crippen LogP contribution is 2.27. The van der Waals surface area contributed by atoms with Gasteiger partial charge in [0.1, 0.15) is 5.82 Å².